The average Bonchev–Trinajstić information content (AvgIpc) is 2.53. The highest BCUT2D eigenvalue weighted by molar-refractivity contribution is 9.10. The standard InChI is InChI=1S/C14H16BrNO6S/c1-10(17)9-22-14(18)12-8-11(2-3-13(12)15)23(19,20)16-4-6-21-7-5-16/h2-3,8H,4-7,9H2,1H3. The number of carbonyl (C=O) groups is 2. The van der Waals surface area contributed by atoms with Gasteiger partial charge in [-0.1, -0.05) is 0 Å². The number of hydrogen-bond donors (Lipinski definition) is 0. The van der Waals surface area contributed by atoms with E-state index in [1.54, 1.807) is 0 Å². The minimum atomic E-state index is -3.71. The van der Waals surface area contributed by atoms with Gasteiger partial charge in [-0.2, -0.15) is 4.31 Å². The van der Waals surface area contributed by atoms with E-state index in [-0.39, 0.29) is 35.9 Å². The predicted octanol–water partition coefficient (Wildman–Crippen LogP) is 1.22. The van der Waals surface area contributed by atoms with Crippen molar-refractivity contribution in [2.24, 2.45) is 0 Å². The number of sulfonamides is 1. The molecule has 1 aromatic rings. The summed E-state index contributed by atoms with van der Waals surface area (Å²) in [5, 5.41) is 0. The molecular weight excluding hydrogens is 390 g/mol. The van der Waals surface area contributed by atoms with Crippen LogP contribution in [-0.4, -0.2) is 57.4 Å². The van der Waals surface area contributed by atoms with Crippen LogP contribution in [0.5, 0.6) is 0 Å². The maximum absolute atomic E-state index is 12.6. The Morgan fingerprint density at radius 3 is 2.57 bits per heavy atom. The second-order valence-corrected chi connectivity index (χ2v) is 7.73. The van der Waals surface area contributed by atoms with E-state index in [0.29, 0.717) is 17.7 Å². The third-order valence-corrected chi connectivity index (χ3v) is 5.76. The molecule has 126 valence electrons. The van der Waals surface area contributed by atoms with Crippen LogP contribution in [-0.2, 0) is 24.3 Å². The topological polar surface area (TPSA) is 90.0 Å². The van der Waals surface area contributed by atoms with Crippen molar-refractivity contribution >= 4 is 37.7 Å². The number of morpholine rings is 1. The number of carbonyl (C=O) groups excluding carboxylic acids is 2. The fraction of sp³-hybridized carbons (Fsp3) is 0.429. The summed E-state index contributed by atoms with van der Waals surface area (Å²) < 4.78 is 36.9. The van der Waals surface area contributed by atoms with Gasteiger partial charge in [0, 0.05) is 17.6 Å². The fourth-order valence-corrected chi connectivity index (χ4v) is 3.85. The van der Waals surface area contributed by atoms with Crippen LogP contribution in [0.25, 0.3) is 0 Å². The summed E-state index contributed by atoms with van der Waals surface area (Å²) in [4.78, 5) is 22.9. The Labute approximate surface area is 142 Å². The highest BCUT2D eigenvalue weighted by Crippen LogP contribution is 2.24. The number of Topliss-reactive ketones (excluding diaryl/α,β-unsaturated/α-hetero) is 1. The monoisotopic (exact) mass is 405 g/mol. The Morgan fingerprint density at radius 1 is 1.30 bits per heavy atom. The minimum absolute atomic E-state index is 0.00243. The predicted molar refractivity (Wildman–Crippen MR) is 84.7 cm³/mol. The van der Waals surface area contributed by atoms with Crippen LogP contribution in [0.15, 0.2) is 27.6 Å². The molecule has 1 fully saturated rings. The highest BCUT2D eigenvalue weighted by Gasteiger charge is 2.27. The van der Waals surface area contributed by atoms with Gasteiger partial charge in [-0.15, -0.1) is 0 Å². The van der Waals surface area contributed by atoms with Gasteiger partial charge in [-0.3, -0.25) is 4.79 Å². The van der Waals surface area contributed by atoms with Gasteiger partial charge in [-0.25, -0.2) is 13.2 Å². The summed E-state index contributed by atoms with van der Waals surface area (Å²) >= 11 is 3.19. The molecular formula is C14H16BrNO6S. The first-order chi connectivity index (χ1) is 10.8. The van der Waals surface area contributed by atoms with Crippen LogP contribution < -0.4 is 0 Å². The van der Waals surface area contributed by atoms with Gasteiger partial charge in [0.2, 0.25) is 10.0 Å². The molecule has 1 aromatic carbocycles. The zero-order valence-electron chi connectivity index (χ0n) is 12.5. The SMILES string of the molecule is CC(=O)COC(=O)c1cc(S(=O)(=O)N2CCOCC2)ccc1Br. The van der Waals surface area contributed by atoms with E-state index >= 15 is 0 Å². The van der Waals surface area contributed by atoms with E-state index in [1.165, 1.54) is 29.4 Å². The Balaban J connectivity index is 2.28. The van der Waals surface area contributed by atoms with Crippen LogP contribution in [0.3, 0.4) is 0 Å². The van der Waals surface area contributed by atoms with Gasteiger partial charge in [0.1, 0.15) is 6.61 Å². The van der Waals surface area contributed by atoms with Crippen molar-refractivity contribution in [2.75, 3.05) is 32.9 Å². The maximum atomic E-state index is 12.6. The molecule has 0 saturated carbocycles. The molecule has 1 heterocycles. The smallest absolute Gasteiger partial charge is 0.339 e. The third kappa shape index (κ3) is 4.37. The molecule has 0 amide bonds. The molecule has 0 aliphatic carbocycles. The van der Waals surface area contributed by atoms with Crippen molar-refractivity contribution in [1.82, 2.24) is 4.31 Å². The van der Waals surface area contributed by atoms with Gasteiger partial charge in [0.25, 0.3) is 0 Å². The number of ether oxygens (including phenoxy) is 2. The Morgan fingerprint density at radius 2 is 1.96 bits per heavy atom. The summed E-state index contributed by atoms with van der Waals surface area (Å²) in [7, 11) is -3.71. The fourth-order valence-electron chi connectivity index (χ4n) is 2.00. The number of benzene rings is 1. The summed E-state index contributed by atoms with van der Waals surface area (Å²) in [5.74, 6) is -1.06. The molecule has 9 heteroatoms. The van der Waals surface area contributed by atoms with Crippen molar-refractivity contribution in [3.8, 4) is 0 Å². The molecule has 1 aliphatic heterocycles. The molecule has 0 spiro atoms. The molecule has 0 unspecified atom stereocenters. The molecule has 0 atom stereocenters. The lowest BCUT2D eigenvalue weighted by molar-refractivity contribution is -0.120. The Kier molecular flexibility index (Phi) is 5.90. The highest BCUT2D eigenvalue weighted by atomic mass is 79.9. The first kappa shape index (κ1) is 18.1. The van der Waals surface area contributed by atoms with Crippen LogP contribution in [0.2, 0.25) is 0 Å². The van der Waals surface area contributed by atoms with E-state index < -0.39 is 16.0 Å². The number of nitrogens with zero attached hydrogens (tertiary/aromatic N) is 1. The van der Waals surface area contributed by atoms with E-state index in [0.717, 1.165) is 0 Å². The van der Waals surface area contributed by atoms with Crippen molar-refractivity contribution in [1.29, 1.82) is 0 Å². The molecule has 0 radical (unpaired) electrons. The molecule has 7 nitrogen and oxygen atoms in total. The van der Waals surface area contributed by atoms with Crippen LogP contribution in [0, 0.1) is 0 Å². The van der Waals surface area contributed by atoms with E-state index in [2.05, 4.69) is 15.9 Å². The largest absolute Gasteiger partial charge is 0.454 e. The minimum Gasteiger partial charge on any atom is -0.454 e. The maximum Gasteiger partial charge on any atom is 0.339 e. The summed E-state index contributed by atoms with van der Waals surface area (Å²) in [6, 6.07) is 4.13. The van der Waals surface area contributed by atoms with Crippen molar-refractivity contribution < 1.29 is 27.5 Å². The summed E-state index contributed by atoms with van der Waals surface area (Å²) in [6.07, 6.45) is 0. The van der Waals surface area contributed by atoms with Crippen molar-refractivity contribution in [3.63, 3.8) is 0 Å². The normalized spacial score (nSPS) is 16.1. The molecule has 0 bridgehead atoms. The zero-order chi connectivity index (χ0) is 17.0. The van der Waals surface area contributed by atoms with Gasteiger partial charge >= 0.3 is 5.97 Å². The lowest BCUT2D eigenvalue weighted by atomic mass is 10.2. The second-order valence-electron chi connectivity index (χ2n) is 4.94. The quantitative estimate of drug-likeness (QED) is 0.683. The Hall–Kier alpha value is -1.29. The molecule has 0 N–H and O–H groups in total. The molecule has 23 heavy (non-hydrogen) atoms. The lowest BCUT2D eigenvalue weighted by Crippen LogP contribution is -2.40. The molecule has 1 aliphatic rings. The van der Waals surface area contributed by atoms with Gasteiger partial charge in [-0.05, 0) is 41.1 Å². The van der Waals surface area contributed by atoms with Gasteiger partial charge < -0.3 is 9.47 Å². The van der Waals surface area contributed by atoms with E-state index in [1.807, 2.05) is 0 Å². The number of hydrogen-bond acceptors (Lipinski definition) is 6. The van der Waals surface area contributed by atoms with Crippen LogP contribution in [0.1, 0.15) is 17.3 Å². The number of esters is 1. The van der Waals surface area contributed by atoms with Crippen molar-refractivity contribution in [2.45, 2.75) is 11.8 Å². The van der Waals surface area contributed by atoms with Crippen LogP contribution >= 0.6 is 15.9 Å². The molecule has 2 rings (SSSR count). The average molecular weight is 406 g/mol. The lowest BCUT2D eigenvalue weighted by Gasteiger charge is -2.26. The number of halogens is 1. The number of rotatable bonds is 5. The third-order valence-electron chi connectivity index (χ3n) is 3.17. The van der Waals surface area contributed by atoms with Crippen LogP contribution in [0.4, 0.5) is 0 Å². The Bertz CT molecular complexity index is 712. The number of ketones is 1. The van der Waals surface area contributed by atoms with E-state index in [9.17, 15) is 18.0 Å². The van der Waals surface area contributed by atoms with Gasteiger partial charge in [0.05, 0.1) is 23.7 Å². The first-order valence-corrected chi connectivity index (χ1v) is 9.09. The zero-order valence-corrected chi connectivity index (χ0v) is 14.9. The van der Waals surface area contributed by atoms with E-state index in [4.69, 9.17) is 9.47 Å². The molecule has 1 saturated heterocycles. The van der Waals surface area contributed by atoms with Gasteiger partial charge in [0.15, 0.2) is 5.78 Å². The second kappa shape index (κ2) is 7.52. The molecule has 0 aromatic heterocycles. The first-order valence-electron chi connectivity index (χ1n) is 6.86. The van der Waals surface area contributed by atoms with Crippen molar-refractivity contribution in [3.05, 3.63) is 28.2 Å². The summed E-state index contributed by atoms with van der Waals surface area (Å²) in [5.41, 5.74) is 0.0561. The summed E-state index contributed by atoms with van der Waals surface area (Å²) in [6.45, 7) is 2.14.